The Balaban J connectivity index is 1.13. The summed E-state index contributed by atoms with van der Waals surface area (Å²) in [6.45, 7) is 4.13. The molecule has 0 unspecified atom stereocenters. The average Bonchev–Trinajstić information content (AvgIpc) is 2.99. The summed E-state index contributed by atoms with van der Waals surface area (Å²) in [5.74, 6) is -0.230. The predicted molar refractivity (Wildman–Crippen MR) is 156 cm³/mol. The molecule has 0 radical (unpaired) electrons. The van der Waals surface area contributed by atoms with Crippen LogP contribution in [0.15, 0.2) is 78.9 Å². The number of likely N-dealkylation sites (tertiary alicyclic amines) is 1. The summed E-state index contributed by atoms with van der Waals surface area (Å²) in [6, 6.07) is 24.3. The highest BCUT2D eigenvalue weighted by Gasteiger charge is 2.22. The molecule has 9 heteroatoms. The number of nitrogens with two attached hydrogens (primary N) is 1. The maximum absolute atomic E-state index is 12.6. The Bertz CT molecular complexity index is 1260. The Hall–Kier alpha value is -4.05. The van der Waals surface area contributed by atoms with Crippen LogP contribution in [0.3, 0.4) is 0 Å². The smallest absolute Gasteiger partial charge is 0.411 e. The van der Waals surface area contributed by atoms with Gasteiger partial charge < -0.3 is 26.0 Å². The highest BCUT2D eigenvalue weighted by atomic mass is 16.6. The van der Waals surface area contributed by atoms with Crippen LogP contribution in [-0.4, -0.2) is 74.6 Å². The Labute approximate surface area is 235 Å². The van der Waals surface area contributed by atoms with Crippen LogP contribution in [0.5, 0.6) is 0 Å². The molecule has 3 aromatic carbocycles. The fourth-order valence-electron chi connectivity index (χ4n) is 4.64. The molecule has 0 spiro atoms. The Kier molecular flexibility index (Phi) is 10.8. The lowest BCUT2D eigenvalue weighted by Gasteiger charge is -2.31. The van der Waals surface area contributed by atoms with E-state index in [1.807, 2.05) is 54.6 Å². The zero-order chi connectivity index (χ0) is 28.2. The maximum Gasteiger partial charge on any atom is 0.411 e. The van der Waals surface area contributed by atoms with Gasteiger partial charge in [0.25, 0.3) is 5.91 Å². The van der Waals surface area contributed by atoms with Crippen LogP contribution in [0.1, 0.15) is 33.6 Å². The molecule has 1 heterocycles. The summed E-state index contributed by atoms with van der Waals surface area (Å²) in [5.41, 5.74) is 9.16. The number of nitrogens with zero attached hydrogens (tertiary/aromatic N) is 1. The van der Waals surface area contributed by atoms with Crippen LogP contribution in [-0.2, 0) is 4.74 Å². The minimum atomic E-state index is -0.439. The largest absolute Gasteiger partial charge is 0.446 e. The van der Waals surface area contributed by atoms with Gasteiger partial charge in [-0.3, -0.25) is 14.9 Å². The molecule has 0 atom stereocenters. The summed E-state index contributed by atoms with van der Waals surface area (Å²) in [6.07, 6.45) is 0.955. The van der Waals surface area contributed by atoms with Crippen molar-refractivity contribution in [1.82, 2.24) is 15.5 Å². The molecule has 1 fully saturated rings. The molecule has 0 bridgehead atoms. The standard InChI is InChI=1S/C31H37N5O4/c32-16-17-34-30(38)25-12-10-24(11-13-25)29(37)22-33-18-21-36-19-14-26(15-20-36)40-31(39)35-28-9-5-4-8-27(28)23-6-2-1-3-7-23/h1-13,26,33H,14-22,32H2,(H,34,38)(H,35,39). The van der Waals surface area contributed by atoms with E-state index in [2.05, 4.69) is 20.9 Å². The van der Waals surface area contributed by atoms with Crippen molar-refractivity contribution >= 4 is 23.5 Å². The van der Waals surface area contributed by atoms with E-state index in [9.17, 15) is 14.4 Å². The third-order valence-electron chi connectivity index (χ3n) is 6.85. The molecular weight excluding hydrogens is 506 g/mol. The van der Waals surface area contributed by atoms with E-state index in [-0.39, 0.29) is 24.3 Å². The lowest BCUT2D eigenvalue weighted by atomic mass is 10.0. The maximum atomic E-state index is 12.6. The SMILES string of the molecule is NCCNC(=O)c1ccc(C(=O)CNCCN2CCC(OC(=O)Nc3ccccc3-c3ccccc3)CC2)cc1. The number of para-hydroxylation sites is 1. The number of carbonyl (C=O) groups is 3. The van der Waals surface area contributed by atoms with E-state index >= 15 is 0 Å². The van der Waals surface area contributed by atoms with Gasteiger partial charge in [0.2, 0.25) is 0 Å². The Morgan fingerprint density at radius 2 is 1.52 bits per heavy atom. The van der Waals surface area contributed by atoms with Gasteiger partial charge in [-0.2, -0.15) is 0 Å². The molecule has 0 aliphatic carbocycles. The normalized spacial score (nSPS) is 13.9. The number of anilines is 1. The number of ether oxygens (including phenoxy) is 1. The van der Waals surface area contributed by atoms with Crippen molar-refractivity contribution in [2.24, 2.45) is 5.73 Å². The number of hydrogen-bond acceptors (Lipinski definition) is 7. The van der Waals surface area contributed by atoms with E-state index in [4.69, 9.17) is 10.5 Å². The minimum absolute atomic E-state index is 0.0270. The summed E-state index contributed by atoms with van der Waals surface area (Å²) < 4.78 is 5.72. The van der Waals surface area contributed by atoms with Gasteiger partial charge in [-0.25, -0.2) is 4.79 Å². The van der Waals surface area contributed by atoms with Crippen LogP contribution in [0.4, 0.5) is 10.5 Å². The second kappa shape index (κ2) is 14.9. The zero-order valence-electron chi connectivity index (χ0n) is 22.6. The number of Topliss-reactive ketones (excluding diaryl/α,β-unsaturated/α-hetero) is 1. The summed E-state index contributed by atoms with van der Waals surface area (Å²) in [4.78, 5) is 39.4. The van der Waals surface area contributed by atoms with Gasteiger partial charge in [-0.1, -0.05) is 60.7 Å². The molecule has 4 rings (SSSR count). The summed E-state index contributed by atoms with van der Waals surface area (Å²) >= 11 is 0. The van der Waals surface area contributed by atoms with E-state index in [1.165, 1.54) is 0 Å². The van der Waals surface area contributed by atoms with Crippen molar-refractivity contribution < 1.29 is 19.1 Å². The van der Waals surface area contributed by atoms with Crippen molar-refractivity contribution in [3.63, 3.8) is 0 Å². The van der Waals surface area contributed by atoms with Gasteiger partial charge in [-0.15, -0.1) is 0 Å². The Morgan fingerprint density at radius 1 is 0.850 bits per heavy atom. The van der Waals surface area contributed by atoms with Gasteiger partial charge in [0.1, 0.15) is 6.10 Å². The van der Waals surface area contributed by atoms with Crippen molar-refractivity contribution in [3.8, 4) is 11.1 Å². The lowest BCUT2D eigenvalue weighted by molar-refractivity contribution is 0.0593. The number of carbonyl (C=O) groups excluding carboxylic acids is 3. The molecule has 0 saturated carbocycles. The number of amides is 2. The second-order valence-electron chi connectivity index (χ2n) is 9.70. The average molecular weight is 544 g/mol. The molecular formula is C31H37N5O4. The highest BCUT2D eigenvalue weighted by Crippen LogP contribution is 2.28. The van der Waals surface area contributed by atoms with E-state index in [0.29, 0.717) is 30.8 Å². The third kappa shape index (κ3) is 8.47. The van der Waals surface area contributed by atoms with Gasteiger partial charge in [-0.05, 0) is 36.6 Å². The molecule has 0 aromatic heterocycles. The van der Waals surface area contributed by atoms with Gasteiger partial charge in [0, 0.05) is 56.0 Å². The number of rotatable bonds is 12. The van der Waals surface area contributed by atoms with Crippen LogP contribution in [0, 0.1) is 0 Å². The number of ketones is 1. The Morgan fingerprint density at radius 3 is 2.25 bits per heavy atom. The molecule has 5 N–H and O–H groups in total. The van der Waals surface area contributed by atoms with E-state index in [0.717, 1.165) is 49.3 Å². The van der Waals surface area contributed by atoms with Gasteiger partial charge >= 0.3 is 6.09 Å². The van der Waals surface area contributed by atoms with Crippen molar-refractivity contribution in [3.05, 3.63) is 90.0 Å². The summed E-state index contributed by atoms with van der Waals surface area (Å²) in [7, 11) is 0. The molecule has 1 aliphatic heterocycles. The molecule has 1 saturated heterocycles. The van der Waals surface area contributed by atoms with E-state index in [1.54, 1.807) is 24.3 Å². The molecule has 3 aromatic rings. The monoisotopic (exact) mass is 543 g/mol. The van der Waals surface area contributed by atoms with Crippen molar-refractivity contribution in [2.45, 2.75) is 18.9 Å². The zero-order valence-corrected chi connectivity index (χ0v) is 22.6. The number of benzene rings is 3. The molecule has 210 valence electrons. The fraction of sp³-hybridized carbons (Fsp3) is 0.323. The first-order valence-electron chi connectivity index (χ1n) is 13.7. The van der Waals surface area contributed by atoms with E-state index < -0.39 is 6.09 Å². The van der Waals surface area contributed by atoms with Gasteiger partial charge in [0.05, 0.1) is 12.2 Å². The molecule has 40 heavy (non-hydrogen) atoms. The molecule has 1 aliphatic rings. The summed E-state index contributed by atoms with van der Waals surface area (Å²) in [5, 5.41) is 8.82. The van der Waals surface area contributed by atoms with Crippen LogP contribution in [0.25, 0.3) is 11.1 Å². The number of nitrogens with one attached hydrogen (secondary N) is 3. The molecule has 9 nitrogen and oxygen atoms in total. The topological polar surface area (TPSA) is 126 Å². The van der Waals surface area contributed by atoms with Crippen molar-refractivity contribution in [1.29, 1.82) is 0 Å². The first-order valence-corrected chi connectivity index (χ1v) is 13.7. The van der Waals surface area contributed by atoms with Gasteiger partial charge in [0.15, 0.2) is 5.78 Å². The minimum Gasteiger partial charge on any atom is -0.446 e. The molecule has 2 amide bonds. The predicted octanol–water partition coefficient (Wildman–Crippen LogP) is 3.53. The second-order valence-corrected chi connectivity index (χ2v) is 9.70. The van der Waals surface area contributed by atoms with Crippen molar-refractivity contribution in [2.75, 3.05) is 51.1 Å². The third-order valence-corrected chi connectivity index (χ3v) is 6.85. The lowest BCUT2D eigenvalue weighted by Crippen LogP contribution is -2.42. The van der Waals surface area contributed by atoms with Crippen LogP contribution < -0.4 is 21.7 Å². The van der Waals surface area contributed by atoms with Crippen LogP contribution >= 0.6 is 0 Å². The highest BCUT2D eigenvalue weighted by molar-refractivity contribution is 5.99. The number of hydrogen-bond donors (Lipinski definition) is 4. The fourth-order valence-corrected chi connectivity index (χ4v) is 4.64. The first kappa shape index (κ1) is 28.9. The van der Waals surface area contributed by atoms with Crippen LogP contribution in [0.2, 0.25) is 0 Å². The quantitative estimate of drug-likeness (QED) is 0.203. The number of piperidine rings is 1. The first-order chi connectivity index (χ1) is 19.5.